The molecule has 0 aliphatic carbocycles. The molecular weight excluding hydrogens is 370 g/mol. The number of hydrogen-bond acceptors (Lipinski definition) is 9. The van der Waals surface area contributed by atoms with Crippen molar-refractivity contribution in [2.75, 3.05) is 10.0 Å². The minimum Gasteiger partial charge on any atom is -0.360 e. The molecule has 11 nitrogen and oxygen atoms in total. The highest BCUT2D eigenvalue weighted by atomic mass is 32.2. The van der Waals surface area contributed by atoms with Crippen LogP contribution in [-0.2, 0) is 10.0 Å². The van der Waals surface area contributed by atoms with Crippen molar-refractivity contribution in [1.29, 1.82) is 5.26 Å². The van der Waals surface area contributed by atoms with Crippen molar-refractivity contribution in [1.82, 2.24) is 30.6 Å². The van der Waals surface area contributed by atoms with E-state index in [1.165, 1.54) is 30.7 Å². The van der Waals surface area contributed by atoms with Crippen LogP contribution < -0.4 is 10.0 Å². The van der Waals surface area contributed by atoms with Crippen LogP contribution in [0.2, 0.25) is 0 Å². The Morgan fingerprint density at radius 3 is 2.52 bits per heavy atom. The number of tetrazole rings is 1. The molecule has 0 fully saturated rings. The van der Waals surface area contributed by atoms with Crippen LogP contribution in [0.5, 0.6) is 0 Å². The fraction of sp³-hybridized carbons (Fsp3) is 0.0667. The Morgan fingerprint density at radius 2 is 1.93 bits per heavy atom. The Kier molecular flexibility index (Phi) is 5.04. The first-order valence-corrected chi connectivity index (χ1v) is 8.98. The highest BCUT2D eigenvalue weighted by Gasteiger charge is 2.15. The fourth-order valence-electron chi connectivity index (χ4n) is 1.93. The lowest BCUT2D eigenvalue weighted by Crippen LogP contribution is -2.15. The third-order valence-corrected chi connectivity index (χ3v) is 4.61. The summed E-state index contributed by atoms with van der Waals surface area (Å²) in [5.41, 5.74) is 1.55. The zero-order chi connectivity index (χ0) is 19.3. The number of aryl methyl sites for hydroxylation is 1. The molecule has 0 bridgehead atoms. The van der Waals surface area contributed by atoms with Gasteiger partial charge in [0.05, 0.1) is 4.90 Å². The highest BCUT2D eigenvalue weighted by Crippen LogP contribution is 2.17. The van der Waals surface area contributed by atoms with Crippen LogP contribution >= 0.6 is 0 Å². The Labute approximate surface area is 154 Å². The van der Waals surface area contributed by atoms with E-state index in [1.54, 1.807) is 19.1 Å². The minimum atomic E-state index is -3.82. The number of nitrogens with zero attached hydrogens (tertiary/aromatic N) is 6. The van der Waals surface area contributed by atoms with Crippen molar-refractivity contribution in [2.45, 2.75) is 11.8 Å². The molecule has 0 aliphatic rings. The smallest absolute Gasteiger partial charge is 0.264 e. The number of H-pyrrole nitrogens is 1. The summed E-state index contributed by atoms with van der Waals surface area (Å²) in [6.45, 7) is 1.80. The summed E-state index contributed by atoms with van der Waals surface area (Å²) in [6, 6.07) is 7.85. The van der Waals surface area contributed by atoms with Gasteiger partial charge in [-0.1, -0.05) is 0 Å². The molecule has 136 valence electrons. The lowest BCUT2D eigenvalue weighted by atomic mass is 10.3. The van der Waals surface area contributed by atoms with Gasteiger partial charge in [0.2, 0.25) is 11.8 Å². The molecule has 0 saturated heterocycles. The maximum absolute atomic E-state index is 12.4. The first-order chi connectivity index (χ1) is 13.0. The van der Waals surface area contributed by atoms with E-state index in [-0.39, 0.29) is 22.2 Å². The Balaban J connectivity index is 1.73. The van der Waals surface area contributed by atoms with Gasteiger partial charge in [-0.15, -0.1) is 10.2 Å². The van der Waals surface area contributed by atoms with Crippen LogP contribution in [0.1, 0.15) is 11.4 Å². The predicted molar refractivity (Wildman–Crippen MR) is 95.4 cm³/mol. The lowest BCUT2D eigenvalue weighted by Gasteiger charge is -2.07. The van der Waals surface area contributed by atoms with Crippen LogP contribution in [0.4, 0.5) is 11.6 Å². The van der Waals surface area contributed by atoms with E-state index in [0.717, 1.165) is 5.56 Å². The van der Waals surface area contributed by atoms with Gasteiger partial charge in [-0.25, -0.2) is 23.1 Å². The van der Waals surface area contributed by atoms with Crippen LogP contribution in [0.3, 0.4) is 0 Å². The third kappa shape index (κ3) is 4.41. The Morgan fingerprint density at radius 1 is 1.22 bits per heavy atom. The molecule has 0 aliphatic heterocycles. The summed E-state index contributed by atoms with van der Waals surface area (Å²) in [7, 11) is -3.82. The van der Waals surface area contributed by atoms with Crippen molar-refractivity contribution in [3.8, 4) is 6.07 Å². The van der Waals surface area contributed by atoms with Gasteiger partial charge in [0.15, 0.2) is 0 Å². The monoisotopic (exact) mass is 383 g/mol. The maximum atomic E-state index is 12.4. The normalized spacial score (nSPS) is 11.6. The molecule has 12 heteroatoms. The molecule has 0 amide bonds. The molecule has 1 aromatic carbocycles. The third-order valence-electron chi connectivity index (χ3n) is 3.26. The molecule has 3 aromatic rings. The first-order valence-electron chi connectivity index (χ1n) is 7.50. The van der Waals surface area contributed by atoms with Crippen LogP contribution in [0.15, 0.2) is 47.8 Å². The summed E-state index contributed by atoms with van der Waals surface area (Å²) >= 11 is 0. The number of nitriles is 1. The quantitative estimate of drug-likeness (QED) is 0.528. The van der Waals surface area contributed by atoms with E-state index in [4.69, 9.17) is 5.26 Å². The lowest BCUT2D eigenvalue weighted by molar-refractivity contribution is 0.601. The van der Waals surface area contributed by atoms with Gasteiger partial charge in [-0.3, -0.25) is 0 Å². The fourth-order valence-corrected chi connectivity index (χ4v) is 2.89. The average Bonchev–Trinajstić information content (AvgIpc) is 3.19. The molecule has 3 N–H and O–H groups in total. The molecule has 0 atom stereocenters. The zero-order valence-electron chi connectivity index (χ0n) is 13.9. The van der Waals surface area contributed by atoms with Gasteiger partial charge in [0, 0.05) is 24.3 Å². The van der Waals surface area contributed by atoms with Gasteiger partial charge in [-0.2, -0.15) is 10.5 Å². The highest BCUT2D eigenvalue weighted by molar-refractivity contribution is 7.92. The molecule has 3 rings (SSSR count). The van der Waals surface area contributed by atoms with Crippen molar-refractivity contribution >= 4 is 27.2 Å². The standard InChI is InChI=1S/C15H13N9O2S/c1-10-7-18-15(19-8-10)22-27(25,26)13-4-2-12(3-5-13)17-9-11(6-16)14-20-23-24-21-14/h2-5,7-9,17H,1H3,(H,18,19,22)(H,20,21,23,24). The zero-order valence-corrected chi connectivity index (χ0v) is 14.8. The Bertz CT molecular complexity index is 1080. The van der Waals surface area contributed by atoms with E-state index >= 15 is 0 Å². The topological polar surface area (TPSA) is 162 Å². The van der Waals surface area contributed by atoms with Crippen LogP contribution in [-0.4, -0.2) is 39.0 Å². The van der Waals surface area contributed by atoms with E-state index < -0.39 is 10.0 Å². The van der Waals surface area contributed by atoms with Crippen molar-refractivity contribution in [2.24, 2.45) is 0 Å². The van der Waals surface area contributed by atoms with Crippen molar-refractivity contribution in [3.63, 3.8) is 0 Å². The second-order valence-electron chi connectivity index (χ2n) is 5.26. The summed E-state index contributed by atoms with van der Waals surface area (Å²) in [4.78, 5) is 7.88. The Hall–Kier alpha value is -3.85. The largest absolute Gasteiger partial charge is 0.360 e. The number of benzene rings is 1. The average molecular weight is 383 g/mol. The molecule has 2 heterocycles. The summed E-state index contributed by atoms with van der Waals surface area (Å²) in [6.07, 6.45) is 4.42. The molecule has 0 unspecified atom stereocenters. The number of anilines is 2. The molecule has 0 saturated carbocycles. The van der Waals surface area contributed by atoms with Crippen LogP contribution in [0, 0.1) is 18.3 Å². The van der Waals surface area contributed by atoms with Gasteiger partial charge >= 0.3 is 0 Å². The predicted octanol–water partition coefficient (Wildman–Crippen LogP) is 1.08. The number of hydrogen-bond donors (Lipinski definition) is 3. The SMILES string of the molecule is Cc1cnc(NS(=O)(=O)c2ccc(NC=C(C#N)c3nn[nH]n3)cc2)nc1. The van der Waals surface area contributed by atoms with E-state index in [2.05, 4.69) is 40.6 Å². The summed E-state index contributed by atoms with van der Waals surface area (Å²) in [5, 5.41) is 25.0. The minimum absolute atomic E-state index is 0.00971. The van der Waals surface area contributed by atoms with E-state index in [9.17, 15) is 8.42 Å². The molecule has 0 radical (unpaired) electrons. The molecule has 0 spiro atoms. The van der Waals surface area contributed by atoms with E-state index in [0.29, 0.717) is 5.69 Å². The van der Waals surface area contributed by atoms with Gasteiger partial charge in [0.25, 0.3) is 10.0 Å². The second kappa shape index (κ2) is 7.58. The summed E-state index contributed by atoms with van der Waals surface area (Å²) < 4.78 is 27.1. The number of aromatic amines is 1. The summed E-state index contributed by atoms with van der Waals surface area (Å²) in [5.74, 6) is 0.135. The number of aromatic nitrogens is 6. The van der Waals surface area contributed by atoms with E-state index in [1.807, 2.05) is 6.07 Å². The molecule has 2 aromatic heterocycles. The number of sulfonamides is 1. The van der Waals surface area contributed by atoms with Crippen molar-refractivity contribution < 1.29 is 8.42 Å². The first kappa shape index (κ1) is 18.0. The van der Waals surface area contributed by atoms with Crippen LogP contribution in [0.25, 0.3) is 5.57 Å². The number of allylic oxidation sites excluding steroid dienone is 1. The maximum Gasteiger partial charge on any atom is 0.264 e. The van der Waals surface area contributed by atoms with Gasteiger partial charge in [-0.05, 0) is 42.0 Å². The second-order valence-corrected chi connectivity index (χ2v) is 6.95. The number of rotatable bonds is 6. The van der Waals surface area contributed by atoms with Crippen molar-refractivity contribution in [3.05, 3.63) is 54.2 Å². The number of nitrogens with one attached hydrogen (secondary N) is 3. The van der Waals surface area contributed by atoms with Gasteiger partial charge in [0.1, 0.15) is 11.6 Å². The molecular formula is C15H13N9O2S. The molecule has 27 heavy (non-hydrogen) atoms. The van der Waals surface area contributed by atoms with Gasteiger partial charge < -0.3 is 5.32 Å².